The summed E-state index contributed by atoms with van der Waals surface area (Å²) in [5, 5.41) is -1.14. The maximum atomic E-state index is 12.8. The van der Waals surface area contributed by atoms with Gasteiger partial charge in [-0.25, -0.2) is 4.79 Å². The van der Waals surface area contributed by atoms with E-state index in [1.54, 1.807) is 6.92 Å². The van der Waals surface area contributed by atoms with Gasteiger partial charge in [0.15, 0.2) is 24.4 Å². The average molecular weight is 561 g/mol. The molecule has 0 saturated carbocycles. The Balaban J connectivity index is 3.90. The van der Waals surface area contributed by atoms with Crippen LogP contribution < -0.4 is 11.2 Å². The minimum absolute atomic E-state index is 0.154. The van der Waals surface area contributed by atoms with E-state index in [0.29, 0.717) is 5.75 Å². The van der Waals surface area contributed by atoms with Gasteiger partial charge >= 0.3 is 35.5 Å². The molecular formula is C23H32N2O12S. The van der Waals surface area contributed by atoms with E-state index in [0.717, 1.165) is 50.9 Å². The van der Waals surface area contributed by atoms with Crippen LogP contribution in [0.1, 0.15) is 52.5 Å². The number of nitrogens with zero attached hydrogens (tertiary/aromatic N) is 1. The zero-order valence-electron chi connectivity index (χ0n) is 22.1. The number of nitrogens with one attached hydrogen (secondary N) is 1. The predicted molar refractivity (Wildman–Crippen MR) is 132 cm³/mol. The van der Waals surface area contributed by atoms with Gasteiger partial charge in [0.1, 0.15) is 12.0 Å². The van der Waals surface area contributed by atoms with E-state index < -0.39 is 77.5 Å². The second kappa shape index (κ2) is 15.0. The van der Waals surface area contributed by atoms with Crippen molar-refractivity contribution in [2.24, 2.45) is 0 Å². The molecule has 1 rings (SSSR count). The van der Waals surface area contributed by atoms with E-state index in [1.165, 1.54) is 13.1 Å². The van der Waals surface area contributed by atoms with Gasteiger partial charge in [-0.3, -0.25) is 38.3 Å². The van der Waals surface area contributed by atoms with Crippen LogP contribution in [-0.2, 0) is 47.7 Å². The monoisotopic (exact) mass is 560 g/mol. The van der Waals surface area contributed by atoms with Crippen LogP contribution in [0.4, 0.5) is 0 Å². The van der Waals surface area contributed by atoms with E-state index in [-0.39, 0.29) is 5.56 Å². The molecule has 1 N–H and O–H groups in total. The first-order valence-electron chi connectivity index (χ1n) is 11.4. The molecule has 5 atom stereocenters. The van der Waals surface area contributed by atoms with Gasteiger partial charge in [-0.2, -0.15) is 0 Å². The molecule has 0 aliphatic carbocycles. The average Bonchev–Trinajstić information content (AvgIpc) is 2.78. The van der Waals surface area contributed by atoms with Crippen molar-refractivity contribution in [3.8, 4) is 0 Å². The molecule has 212 valence electrons. The third kappa shape index (κ3) is 10.0. The van der Waals surface area contributed by atoms with Crippen molar-refractivity contribution in [3.05, 3.63) is 32.6 Å². The third-order valence-electron chi connectivity index (χ3n) is 4.73. The Bertz CT molecular complexity index is 1140. The molecule has 0 aliphatic rings. The number of ether oxygens (including phenoxy) is 5. The van der Waals surface area contributed by atoms with Gasteiger partial charge in [-0.1, -0.05) is 6.92 Å². The fourth-order valence-corrected chi connectivity index (χ4v) is 4.48. The highest BCUT2D eigenvalue weighted by Gasteiger charge is 2.47. The number of aromatic nitrogens is 2. The molecular weight excluding hydrogens is 528 g/mol. The summed E-state index contributed by atoms with van der Waals surface area (Å²) in [5.41, 5.74) is -1.34. The number of aromatic amines is 1. The van der Waals surface area contributed by atoms with Crippen molar-refractivity contribution < 1.29 is 47.7 Å². The Kier molecular flexibility index (Phi) is 12.8. The minimum atomic E-state index is -1.68. The first kappa shape index (κ1) is 32.4. The lowest BCUT2D eigenvalue weighted by Crippen LogP contribution is -2.55. The van der Waals surface area contributed by atoms with Crippen molar-refractivity contribution in [1.82, 2.24) is 9.55 Å². The molecule has 1 aromatic rings. The van der Waals surface area contributed by atoms with Crippen LogP contribution in [0.3, 0.4) is 0 Å². The van der Waals surface area contributed by atoms with E-state index >= 15 is 0 Å². The highest BCUT2D eigenvalue weighted by Crippen LogP contribution is 2.33. The van der Waals surface area contributed by atoms with Crippen LogP contribution in [-0.4, -0.2) is 76.2 Å². The molecule has 38 heavy (non-hydrogen) atoms. The van der Waals surface area contributed by atoms with Gasteiger partial charge in [-0.05, 0) is 12.7 Å². The molecule has 1 aromatic heterocycles. The number of thioether (sulfide) groups is 1. The molecule has 15 heteroatoms. The van der Waals surface area contributed by atoms with Crippen molar-refractivity contribution in [2.75, 3.05) is 12.4 Å². The van der Waals surface area contributed by atoms with Gasteiger partial charge in [0, 0.05) is 46.4 Å². The third-order valence-corrected chi connectivity index (χ3v) is 5.90. The molecule has 0 bridgehead atoms. The SMILES string of the molecule is CCSC(C(OC(C)=O)C(OC(C)=O)C(OC(C)=O)C(COC(C)=O)OC(C)=O)n1cc(C)c(=O)[nH]c1=O. The zero-order chi connectivity index (χ0) is 29.2. The summed E-state index contributed by atoms with van der Waals surface area (Å²) in [5.74, 6) is -3.91. The smallest absolute Gasteiger partial charge is 0.329 e. The summed E-state index contributed by atoms with van der Waals surface area (Å²) >= 11 is 1.08. The molecule has 14 nitrogen and oxygen atoms in total. The molecule has 0 aromatic carbocycles. The predicted octanol–water partition coefficient (Wildman–Crippen LogP) is 0.387. The van der Waals surface area contributed by atoms with Crippen LogP contribution in [0.5, 0.6) is 0 Å². The second-order valence-corrected chi connectivity index (χ2v) is 9.39. The first-order chi connectivity index (χ1) is 17.7. The van der Waals surface area contributed by atoms with Gasteiger partial charge in [-0.15, -0.1) is 11.8 Å². The van der Waals surface area contributed by atoms with Crippen molar-refractivity contribution in [1.29, 1.82) is 0 Å². The van der Waals surface area contributed by atoms with Crippen LogP contribution in [0.25, 0.3) is 0 Å². The van der Waals surface area contributed by atoms with Gasteiger partial charge in [0.25, 0.3) is 5.56 Å². The molecule has 5 unspecified atom stereocenters. The second-order valence-electron chi connectivity index (χ2n) is 8.00. The summed E-state index contributed by atoms with van der Waals surface area (Å²) in [6.07, 6.45) is -5.15. The summed E-state index contributed by atoms with van der Waals surface area (Å²) < 4.78 is 27.6. The standard InChI is InChI=1S/C23H32N2O12S/c1-8-38-22(25-9-11(2)21(31)24-23(25)32)20(37-16(7)30)19(36-15(6)29)18(35-14(5)28)17(34-13(4)27)10-33-12(3)26/h9,17-20,22H,8,10H2,1-7H3,(H,24,31,32). The number of hydrogen-bond acceptors (Lipinski definition) is 13. The number of esters is 5. The number of rotatable bonds is 13. The molecule has 1 heterocycles. The molecule has 0 spiro atoms. The Morgan fingerprint density at radius 2 is 1.32 bits per heavy atom. The van der Waals surface area contributed by atoms with Gasteiger partial charge in [0.05, 0.1) is 0 Å². The lowest BCUT2D eigenvalue weighted by molar-refractivity contribution is -0.203. The number of H-pyrrole nitrogens is 1. The van der Waals surface area contributed by atoms with Gasteiger partial charge in [0.2, 0.25) is 0 Å². The van der Waals surface area contributed by atoms with E-state index in [1.807, 2.05) is 0 Å². The van der Waals surface area contributed by atoms with E-state index in [4.69, 9.17) is 23.7 Å². The first-order valence-corrected chi connectivity index (χ1v) is 12.5. The summed E-state index contributed by atoms with van der Waals surface area (Å²) in [7, 11) is 0. The van der Waals surface area contributed by atoms with Crippen LogP contribution in [0.15, 0.2) is 15.8 Å². The van der Waals surface area contributed by atoms with Crippen molar-refractivity contribution >= 4 is 41.6 Å². The highest BCUT2D eigenvalue weighted by molar-refractivity contribution is 7.99. The van der Waals surface area contributed by atoms with Crippen LogP contribution >= 0.6 is 11.8 Å². The maximum absolute atomic E-state index is 12.8. The highest BCUT2D eigenvalue weighted by atomic mass is 32.2. The Morgan fingerprint density at radius 3 is 1.79 bits per heavy atom. The quantitative estimate of drug-likeness (QED) is 0.258. The minimum Gasteiger partial charge on any atom is -0.462 e. The van der Waals surface area contributed by atoms with Crippen molar-refractivity contribution in [2.45, 2.75) is 78.3 Å². The number of aryl methyl sites for hydroxylation is 1. The lowest BCUT2D eigenvalue weighted by Gasteiger charge is -2.38. The molecule has 0 radical (unpaired) electrons. The topological polar surface area (TPSA) is 186 Å². The van der Waals surface area contributed by atoms with Crippen LogP contribution in [0.2, 0.25) is 0 Å². The maximum Gasteiger partial charge on any atom is 0.329 e. The largest absolute Gasteiger partial charge is 0.462 e. The summed E-state index contributed by atoms with van der Waals surface area (Å²) in [6, 6.07) is 0. The Labute approximate surface area is 222 Å². The number of carbonyl (C=O) groups excluding carboxylic acids is 5. The van der Waals surface area contributed by atoms with E-state index in [2.05, 4.69) is 4.98 Å². The number of carbonyl (C=O) groups is 5. The summed E-state index contributed by atoms with van der Waals surface area (Å²) in [6.45, 7) is 7.85. The lowest BCUT2D eigenvalue weighted by atomic mass is 10.0. The Morgan fingerprint density at radius 1 is 0.816 bits per heavy atom. The van der Waals surface area contributed by atoms with Gasteiger partial charge < -0.3 is 23.7 Å². The molecule has 0 amide bonds. The zero-order valence-corrected chi connectivity index (χ0v) is 22.9. The fraction of sp³-hybridized carbons (Fsp3) is 0.609. The van der Waals surface area contributed by atoms with E-state index in [9.17, 15) is 33.6 Å². The Hall–Kier alpha value is -3.62. The fourth-order valence-electron chi connectivity index (χ4n) is 3.43. The number of hydrogen-bond donors (Lipinski definition) is 1. The molecule has 0 saturated heterocycles. The van der Waals surface area contributed by atoms with Crippen molar-refractivity contribution in [3.63, 3.8) is 0 Å². The summed E-state index contributed by atoms with van der Waals surface area (Å²) in [4.78, 5) is 86.8. The molecule has 0 aliphatic heterocycles. The molecule has 0 fully saturated rings. The van der Waals surface area contributed by atoms with Crippen LogP contribution in [0, 0.1) is 6.92 Å². The normalized spacial score (nSPS) is 14.7.